The molecule has 2 aliphatic rings. The smallest absolute Gasteiger partial charge is 0.322 e. The fourth-order valence-corrected chi connectivity index (χ4v) is 4.57. The van der Waals surface area contributed by atoms with Crippen molar-refractivity contribution in [3.05, 3.63) is 83.8 Å². The number of Topliss-reactive ketones (excluding diaryl/α,β-unsaturated/α-hetero) is 1. The summed E-state index contributed by atoms with van der Waals surface area (Å²) >= 11 is 0. The van der Waals surface area contributed by atoms with Gasteiger partial charge in [-0.1, -0.05) is 19.1 Å². The molecule has 1 aliphatic heterocycles. The molecule has 0 unspecified atom stereocenters. The van der Waals surface area contributed by atoms with Gasteiger partial charge in [0.25, 0.3) is 0 Å². The second-order valence-corrected chi connectivity index (χ2v) is 8.10. The quantitative estimate of drug-likeness (QED) is 0.580. The Morgan fingerprint density at radius 3 is 2.53 bits per heavy atom. The number of amides is 2. The van der Waals surface area contributed by atoms with Crippen LogP contribution in [0.15, 0.2) is 81.2 Å². The lowest BCUT2D eigenvalue weighted by Gasteiger charge is -2.33. The Balaban J connectivity index is 1.67. The van der Waals surface area contributed by atoms with Crippen LogP contribution >= 0.6 is 0 Å². The first kappa shape index (κ1) is 20.2. The Morgan fingerprint density at radius 1 is 1.06 bits per heavy atom. The van der Waals surface area contributed by atoms with E-state index < -0.39 is 6.04 Å². The molecule has 0 fully saturated rings. The molecule has 7 nitrogen and oxygen atoms in total. The van der Waals surface area contributed by atoms with Gasteiger partial charge < -0.3 is 19.5 Å². The van der Waals surface area contributed by atoms with Crippen LogP contribution in [0.1, 0.15) is 49.7 Å². The van der Waals surface area contributed by atoms with E-state index in [1.165, 1.54) is 0 Å². The third kappa shape index (κ3) is 3.49. The van der Waals surface area contributed by atoms with E-state index in [0.717, 1.165) is 23.6 Å². The molecule has 0 saturated carbocycles. The van der Waals surface area contributed by atoms with E-state index in [4.69, 9.17) is 8.83 Å². The van der Waals surface area contributed by atoms with Crippen LogP contribution in [-0.2, 0) is 4.79 Å². The van der Waals surface area contributed by atoms with Crippen LogP contribution in [0, 0.1) is 0 Å². The molecule has 164 valence electrons. The molecule has 0 spiro atoms. The molecule has 1 aromatic carbocycles. The summed E-state index contributed by atoms with van der Waals surface area (Å²) in [5.74, 6) is 1.25. The Bertz CT molecular complexity index is 1150. The number of hydrogen-bond donors (Lipinski definition) is 2. The van der Waals surface area contributed by atoms with Crippen molar-refractivity contribution in [1.82, 2.24) is 5.32 Å². The molecule has 1 aliphatic carbocycles. The summed E-state index contributed by atoms with van der Waals surface area (Å²) in [5, 5.41) is 6.44. The van der Waals surface area contributed by atoms with Crippen LogP contribution in [0.4, 0.5) is 16.2 Å². The van der Waals surface area contributed by atoms with Crippen LogP contribution in [0.2, 0.25) is 0 Å². The monoisotopic (exact) mass is 431 g/mol. The molecule has 0 saturated heterocycles. The van der Waals surface area contributed by atoms with Crippen molar-refractivity contribution in [2.75, 3.05) is 16.8 Å². The number of nitrogens with zero attached hydrogens (tertiary/aromatic N) is 1. The lowest BCUT2D eigenvalue weighted by Crippen LogP contribution is -2.44. The van der Waals surface area contributed by atoms with Crippen molar-refractivity contribution in [3.8, 4) is 0 Å². The van der Waals surface area contributed by atoms with Gasteiger partial charge in [0.05, 0.1) is 23.9 Å². The fourth-order valence-electron chi connectivity index (χ4n) is 4.57. The zero-order valence-corrected chi connectivity index (χ0v) is 17.8. The number of carbonyl (C=O) groups is 2. The van der Waals surface area contributed by atoms with Gasteiger partial charge in [-0.2, -0.15) is 0 Å². The summed E-state index contributed by atoms with van der Waals surface area (Å²) in [5.41, 5.74) is 2.82. The van der Waals surface area contributed by atoms with Crippen molar-refractivity contribution >= 4 is 23.2 Å². The molecular weight excluding hydrogens is 406 g/mol. The maximum Gasteiger partial charge on any atom is 0.322 e. The van der Waals surface area contributed by atoms with Crippen LogP contribution in [0.3, 0.4) is 0 Å². The predicted molar refractivity (Wildman–Crippen MR) is 120 cm³/mol. The summed E-state index contributed by atoms with van der Waals surface area (Å²) in [7, 11) is 0. The Hall–Kier alpha value is -3.74. The van der Waals surface area contributed by atoms with Crippen molar-refractivity contribution in [2.45, 2.75) is 38.1 Å². The van der Waals surface area contributed by atoms with Crippen LogP contribution < -0.4 is 15.5 Å². The molecule has 32 heavy (non-hydrogen) atoms. The van der Waals surface area contributed by atoms with Crippen molar-refractivity contribution < 1.29 is 18.4 Å². The first-order valence-corrected chi connectivity index (χ1v) is 10.9. The van der Waals surface area contributed by atoms with Crippen molar-refractivity contribution in [1.29, 1.82) is 0 Å². The highest BCUT2D eigenvalue weighted by Gasteiger charge is 2.43. The molecule has 3 aromatic rings. The summed E-state index contributed by atoms with van der Waals surface area (Å²) in [6, 6.07) is 14.0. The van der Waals surface area contributed by atoms with E-state index in [1.54, 1.807) is 23.5 Å². The minimum absolute atomic E-state index is 0.0253. The fraction of sp³-hybridized carbons (Fsp3) is 0.280. The maximum atomic E-state index is 13.6. The van der Waals surface area contributed by atoms with Gasteiger partial charge in [-0.25, -0.2) is 4.79 Å². The third-order valence-corrected chi connectivity index (χ3v) is 5.99. The van der Waals surface area contributed by atoms with Crippen molar-refractivity contribution in [3.63, 3.8) is 0 Å². The lowest BCUT2D eigenvalue weighted by molar-refractivity contribution is -0.116. The minimum atomic E-state index is -0.668. The van der Waals surface area contributed by atoms with Gasteiger partial charge in [0, 0.05) is 30.2 Å². The normalized spacial score (nSPS) is 20.3. The van der Waals surface area contributed by atoms with E-state index in [2.05, 4.69) is 10.6 Å². The zero-order valence-electron chi connectivity index (χ0n) is 17.8. The van der Waals surface area contributed by atoms with Gasteiger partial charge in [-0.05, 0) is 49.2 Å². The molecule has 7 heteroatoms. The second-order valence-electron chi connectivity index (χ2n) is 8.10. The summed E-state index contributed by atoms with van der Waals surface area (Å²) in [6.45, 7) is 2.54. The van der Waals surface area contributed by atoms with Gasteiger partial charge in [0.1, 0.15) is 17.6 Å². The van der Waals surface area contributed by atoms with E-state index in [1.807, 2.05) is 49.4 Å². The van der Waals surface area contributed by atoms with Crippen LogP contribution in [0.25, 0.3) is 0 Å². The number of ketones is 1. The number of rotatable bonds is 4. The highest BCUT2D eigenvalue weighted by Crippen LogP contribution is 2.47. The molecule has 3 heterocycles. The van der Waals surface area contributed by atoms with E-state index in [9.17, 15) is 9.59 Å². The topological polar surface area (TPSA) is 87.7 Å². The van der Waals surface area contributed by atoms with Gasteiger partial charge >= 0.3 is 6.03 Å². The first-order valence-electron chi connectivity index (χ1n) is 10.9. The number of carbonyl (C=O) groups excluding carboxylic acids is 2. The standard InChI is InChI=1S/C25H25N3O4/c1-2-11-26-25(30)28-19-8-4-3-7-17(19)27-18-14-16(21-9-5-12-31-21)15-20(29)23(18)24(28)22-10-6-13-32-22/h3-10,12-13,16,24,27H,2,11,14-15H2,1H3,(H,26,30)/t16-,24+/m0/s1. The largest absolute Gasteiger partial charge is 0.469 e. The summed E-state index contributed by atoms with van der Waals surface area (Å²) in [4.78, 5) is 28.6. The Morgan fingerprint density at radius 2 is 1.81 bits per heavy atom. The molecule has 5 rings (SSSR count). The number of para-hydroxylation sites is 2. The predicted octanol–water partition coefficient (Wildman–Crippen LogP) is 5.37. The van der Waals surface area contributed by atoms with Gasteiger partial charge in [0.2, 0.25) is 0 Å². The lowest BCUT2D eigenvalue weighted by atomic mass is 9.81. The Kier molecular flexibility index (Phi) is 5.31. The molecule has 2 atom stereocenters. The van der Waals surface area contributed by atoms with Gasteiger partial charge in [0.15, 0.2) is 5.78 Å². The Labute approximate surface area is 186 Å². The third-order valence-electron chi connectivity index (χ3n) is 5.99. The molecular formula is C25H25N3O4. The molecule has 2 amide bonds. The molecule has 2 N–H and O–H groups in total. The number of anilines is 2. The van der Waals surface area contributed by atoms with Crippen molar-refractivity contribution in [2.24, 2.45) is 0 Å². The zero-order chi connectivity index (χ0) is 22.1. The molecule has 0 bridgehead atoms. The maximum absolute atomic E-state index is 13.6. The number of allylic oxidation sites excluding steroid dienone is 1. The van der Waals surface area contributed by atoms with Crippen LogP contribution in [-0.4, -0.2) is 18.4 Å². The highest BCUT2D eigenvalue weighted by atomic mass is 16.3. The van der Waals surface area contributed by atoms with E-state index >= 15 is 0 Å². The number of furan rings is 2. The number of urea groups is 1. The number of hydrogen-bond acceptors (Lipinski definition) is 5. The number of benzene rings is 1. The van der Waals surface area contributed by atoms with Gasteiger partial charge in [-0.15, -0.1) is 0 Å². The number of nitrogens with one attached hydrogen (secondary N) is 2. The average Bonchev–Trinajstić information content (AvgIpc) is 3.49. The summed E-state index contributed by atoms with van der Waals surface area (Å²) in [6.07, 6.45) is 4.92. The molecule has 2 aromatic heterocycles. The summed E-state index contributed by atoms with van der Waals surface area (Å²) < 4.78 is 11.4. The van der Waals surface area contributed by atoms with E-state index in [-0.39, 0.29) is 17.7 Å². The highest BCUT2D eigenvalue weighted by molar-refractivity contribution is 6.05. The molecule has 0 radical (unpaired) electrons. The first-order chi connectivity index (χ1) is 15.7. The number of fused-ring (bicyclic) bond motifs is 1. The van der Waals surface area contributed by atoms with E-state index in [0.29, 0.717) is 36.4 Å². The average molecular weight is 431 g/mol. The SMILES string of the molecule is CCCNC(=O)N1c2ccccc2NC2=C(C(=O)C[C@@H](c3ccco3)C2)[C@H]1c1ccco1. The minimum Gasteiger partial charge on any atom is -0.469 e. The second kappa shape index (κ2) is 8.42. The van der Waals surface area contributed by atoms with Gasteiger partial charge in [-0.3, -0.25) is 9.69 Å². The van der Waals surface area contributed by atoms with Crippen LogP contribution in [0.5, 0.6) is 0 Å².